The fourth-order valence-electron chi connectivity index (χ4n) is 1.66. The Labute approximate surface area is 108 Å². The number of aromatic nitrogens is 3. The molecule has 0 aliphatic heterocycles. The monoisotopic (exact) mass is 261 g/mol. The van der Waals surface area contributed by atoms with Crippen LogP contribution in [-0.2, 0) is 0 Å². The summed E-state index contributed by atoms with van der Waals surface area (Å²) in [5.41, 5.74) is 1.40. The highest BCUT2D eigenvalue weighted by Gasteiger charge is 2.25. The number of carbonyl (C=O) groups is 2. The zero-order valence-corrected chi connectivity index (χ0v) is 10.3. The Hall–Kier alpha value is -2.70. The van der Waals surface area contributed by atoms with E-state index in [1.807, 2.05) is 13.8 Å². The van der Waals surface area contributed by atoms with Gasteiger partial charge in [0.15, 0.2) is 5.69 Å². The van der Waals surface area contributed by atoms with Gasteiger partial charge in [0.1, 0.15) is 0 Å². The van der Waals surface area contributed by atoms with Crippen LogP contribution in [0.5, 0.6) is 0 Å². The summed E-state index contributed by atoms with van der Waals surface area (Å²) >= 11 is 0. The summed E-state index contributed by atoms with van der Waals surface area (Å²) in [7, 11) is 0. The Morgan fingerprint density at radius 1 is 1.11 bits per heavy atom. The summed E-state index contributed by atoms with van der Waals surface area (Å²) in [5.74, 6) is -2.81. The van der Waals surface area contributed by atoms with Gasteiger partial charge in [-0.3, -0.25) is 0 Å². The summed E-state index contributed by atoms with van der Waals surface area (Å²) in [4.78, 5) is 22.1. The average Bonchev–Trinajstić information content (AvgIpc) is 2.77. The van der Waals surface area contributed by atoms with Crippen LogP contribution in [0.2, 0.25) is 0 Å². The lowest BCUT2D eigenvalue weighted by atomic mass is 10.1. The third kappa shape index (κ3) is 2.17. The Bertz CT molecular complexity index is 676. The van der Waals surface area contributed by atoms with Crippen molar-refractivity contribution in [1.82, 2.24) is 15.0 Å². The molecule has 1 aromatic carbocycles. The van der Waals surface area contributed by atoms with Crippen LogP contribution in [0.15, 0.2) is 18.2 Å². The van der Waals surface area contributed by atoms with Gasteiger partial charge >= 0.3 is 11.9 Å². The molecular weight excluding hydrogens is 250 g/mol. The number of carboxylic acid groups (broad SMARTS) is 2. The number of carboxylic acids is 2. The smallest absolute Gasteiger partial charge is 0.359 e. The van der Waals surface area contributed by atoms with Gasteiger partial charge in [0.05, 0.1) is 5.69 Å². The van der Waals surface area contributed by atoms with Gasteiger partial charge in [0, 0.05) is 0 Å². The molecule has 2 N–H and O–H groups in total. The highest BCUT2D eigenvalue weighted by Crippen LogP contribution is 2.17. The Kier molecular flexibility index (Phi) is 3.04. The largest absolute Gasteiger partial charge is 0.476 e. The molecule has 0 unspecified atom stereocenters. The van der Waals surface area contributed by atoms with Gasteiger partial charge in [0.2, 0.25) is 5.69 Å². The quantitative estimate of drug-likeness (QED) is 0.862. The Balaban J connectivity index is 2.65. The van der Waals surface area contributed by atoms with Crippen LogP contribution in [0.4, 0.5) is 0 Å². The lowest BCUT2D eigenvalue weighted by molar-refractivity contribution is 0.0642. The molecule has 2 aromatic rings. The molecule has 2 rings (SSSR count). The highest BCUT2D eigenvalue weighted by atomic mass is 16.4. The van der Waals surface area contributed by atoms with E-state index in [1.165, 1.54) is 0 Å². The van der Waals surface area contributed by atoms with E-state index in [-0.39, 0.29) is 0 Å². The second-order valence-electron chi connectivity index (χ2n) is 4.08. The zero-order valence-electron chi connectivity index (χ0n) is 10.3. The fourth-order valence-corrected chi connectivity index (χ4v) is 1.66. The summed E-state index contributed by atoms with van der Waals surface area (Å²) in [6, 6.07) is 5.19. The summed E-state index contributed by atoms with van der Waals surface area (Å²) < 4.78 is 1.01. The van der Waals surface area contributed by atoms with Crippen molar-refractivity contribution in [2.24, 2.45) is 0 Å². The first-order valence-electron chi connectivity index (χ1n) is 5.41. The molecule has 0 radical (unpaired) electrons. The van der Waals surface area contributed by atoms with Crippen molar-refractivity contribution in [2.75, 3.05) is 0 Å². The SMILES string of the molecule is Cc1ccc(-n2nnc(C(=O)O)c2C(=O)O)cc1C. The number of rotatable bonds is 3. The molecule has 0 saturated heterocycles. The van der Waals surface area contributed by atoms with Crippen molar-refractivity contribution in [3.8, 4) is 5.69 Å². The van der Waals surface area contributed by atoms with E-state index in [9.17, 15) is 9.59 Å². The Morgan fingerprint density at radius 3 is 2.32 bits per heavy atom. The molecule has 7 nitrogen and oxygen atoms in total. The van der Waals surface area contributed by atoms with E-state index in [0.717, 1.165) is 15.8 Å². The molecule has 0 spiro atoms. The normalized spacial score (nSPS) is 10.4. The molecule has 19 heavy (non-hydrogen) atoms. The first-order chi connectivity index (χ1) is 8.91. The summed E-state index contributed by atoms with van der Waals surface area (Å²) in [6.07, 6.45) is 0. The minimum Gasteiger partial charge on any atom is -0.476 e. The van der Waals surface area contributed by atoms with Crippen LogP contribution in [0.1, 0.15) is 32.1 Å². The second-order valence-corrected chi connectivity index (χ2v) is 4.08. The molecule has 0 fully saturated rings. The van der Waals surface area contributed by atoms with Crippen LogP contribution in [0.25, 0.3) is 5.69 Å². The lowest BCUT2D eigenvalue weighted by Crippen LogP contribution is -2.12. The predicted octanol–water partition coefficient (Wildman–Crippen LogP) is 1.28. The van der Waals surface area contributed by atoms with E-state index in [4.69, 9.17) is 10.2 Å². The van der Waals surface area contributed by atoms with E-state index in [2.05, 4.69) is 10.3 Å². The number of aromatic carboxylic acids is 2. The van der Waals surface area contributed by atoms with Crippen molar-refractivity contribution in [3.63, 3.8) is 0 Å². The minimum atomic E-state index is -1.42. The topological polar surface area (TPSA) is 105 Å². The van der Waals surface area contributed by atoms with Crippen LogP contribution in [0.3, 0.4) is 0 Å². The summed E-state index contributed by atoms with van der Waals surface area (Å²) in [6.45, 7) is 3.79. The van der Waals surface area contributed by atoms with Crippen molar-refractivity contribution < 1.29 is 19.8 Å². The Morgan fingerprint density at radius 2 is 1.79 bits per heavy atom. The van der Waals surface area contributed by atoms with E-state index < -0.39 is 23.3 Å². The fraction of sp³-hybridized carbons (Fsp3) is 0.167. The van der Waals surface area contributed by atoms with Gasteiger partial charge in [-0.15, -0.1) is 5.10 Å². The number of benzene rings is 1. The first-order valence-corrected chi connectivity index (χ1v) is 5.41. The number of aryl methyl sites for hydroxylation is 2. The predicted molar refractivity (Wildman–Crippen MR) is 64.8 cm³/mol. The molecule has 0 atom stereocenters. The summed E-state index contributed by atoms with van der Waals surface area (Å²) in [5, 5.41) is 25.0. The van der Waals surface area contributed by atoms with Crippen LogP contribution >= 0.6 is 0 Å². The molecule has 0 aliphatic carbocycles. The minimum absolute atomic E-state index is 0.459. The van der Waals surface area contributed by atoms with Crippen molar-refractivity contribution in [1.29, 1.82) is 0 Å². The van der Waals surface area contributed by atoms with Gasteiger partial charge in [0.25, 0.3) is 0 Å². The van der Waals surface area contributed by atoms with Gasteiger partial charge in [-0.2, -0.15) is 0 Å². The van der Waals surface area contributed by atoms with Crippen LogP contribution in [0, 0.1) is 13.8 Å². The second kappa shape index (κ2) is 4.52. The van der Waals surface area contributed by atoms with Gasteiger partial charge in [-0.05, 0) is 37.1 Å². The number of hydrogen-bond donors (Lipinski definition) is 2. The van der Waals surface area contributed by atoms with Crippen LogP contribution < -0.4 is 0 Å². The van der Waals surface area contributed by atoms with E-state index in [1.54, 1.807) is 18.2 Å². The van der Waals surface area contributed by atoms with E-state index >= 15 is 0 Å². The molecule has 0 aliphatic rings. The zero-order chi connectivity index (χ0) is 14.2. The maximum atomic E-state index is 11.2. The van der Waals surface area contributed by atoms with E-state index in [0.29, 0.717) is 5.69 Å². The standard InChI is InChI=1S/C12H11N3O4/c1-6-3-4-8(5-7(6)2)15-10(12(18)19)9(11(16)17)13-14-15/h3-5H,1-2H3,(H,16,17)(H,18,19). The van der Waals surface area contributed by atoms with Crippen molar-refractivity contribution >= 4 is 11.9 Å². The van der Waals surface area contributed by atoms with Crippen LogP contribution in [-0.4, -0.2) is 37.1 Å². The maximum absolute atomic E-state index is 11.2. The van der Waals surface area contributed by atoms with Gasteiger partial charge in [-0.1, -0.05) is 11.3 Å². The highest BCUT2D eigenvalue weighted by molar-refractivity contribution is 5.99. The maximum Gasteiger partial charge on any atom is 0.359 e. The third-order valence-electron chi connectivity index (χ3n) is 2.81. The molecule has 0 saturated carbocycles. The molecule has 98 valence electrons. The lowest BCUT2D eigenvalue weighted by Gasteiger charge is -2.06. The third-order valence-corrected chi connectivity index (χ3v) is 2.81. The van der Waals surface area contributed by atoms with Gasteiger partial charge in [-0.25, -0.2) is 14.3 Å². The number of hydrogen-bond acceptors (Lipinski definition) is 4. The first kappa shape index (κ1) is 12.7. The van der Waals surface area contributed by atoms with Crippen molar-refractivity contribution in [3.05, 3.63) is 40.7 Å². The van der Waals surface area contributed by atoms with Crippen molar-refractivity contribution in [2.45, 2.75) is 13.8 Å². The molecular formula is C12H11N3O4. The molecule has 1 heterocycles. The average molecular weight is 261 g/mol. The molecule has 0 amide bonds. The molecule has 7 heteroatoms. The van der Waals surface area contributed by atoms with Gasteiger partial charge < -0.3 is 10.2 Å². The molecule has 1 aromatic heterocycles. The molecule has 0 bridgehead atoms. The number of nitrogens with zero attached hydrogens (tertiary/aromatic N) is 3.